The van der Waals surface area contributed by atoms with Crippen LogP contribution in [0.15, 0.2) is 11.6 Å². The van der Waals surface area contributed by atoms with Gasteiger partial charge in [-0.05, 0) is 0 Å². The molecule has 8 heavy (non-hydrogen) atoms. The van der Waals surface area contributed by atoms with Crippen LogP contribution in [0.1, 0.15) is 0 Å². The van der Waals surface area contributed by atoms with Crippen LogP contribution < -0.4 is 4.72 Å². The summed E-state index contributed by atoms with van der Waals surface area (Å²) in [4.78, 5) is 0. The zero-order valence-corrected chi connectivity index (χ0v) is 6.18. The summed E-state index contributed by atoms with van der Waals surface area (Å²) in [5.74, 6) is 0. The predicted molar refractivity (Wildman–Crippen MR) is 37.1 cm³/mol. The molecule has 1 unspecified atom stereocenters. The fraction of sp³-hybridized carbons (Fsp3) is 0.500. The normalized spacial score (nSPS) is 13.2. The van der Waals surface area contributed by atoms with Crippen LogP contribution >= 0.6 is 11.6 Å². The highest BCUT2D eigenvalue weighted by Gasteiger charge is 1.88. The molecule has 0 saturated carbocycles. The van der Waals surface area contributed by atoms with Crippen molar-refractivity contribution in [2.45, 2.75) is 0 Å². The minimum Gasteiger partial charge on any atom is -0.243 e. The predicted octanol–water partition coefficient (Wildman–Crippen LogP) is 0.622. The maximum Gasteiger partial charge on any atom is 0.0886 e. The average molecular weight is 154 g/mol. The molecule has 1 N–H and O–H groups in total. The number of hydrogen-bond donors (Lipinski definition) is 1. The van der Waals surface area contributed by atoms with E-state index in [1.54, 1.807) is 6.26 Å². The van der Waals surface area contributed by atoms with Crippen LogP contribution in [0.5, 0.6) is 0 Å². The molecule has 0 heterocycles. The van der Waals surface area contributed by atoms with E-state index < -0.39 is 11.0 Å². The Morgan fingerprint density at radius 1 is 2.00 bits per heavy atom. The van der Waals surface area contributed by atoms with E-state index in [0.29, 0.717) is 11.6 Å². The van der Waals surface area contributed by atoms with Gasteiger partial charge in [0, 0.05) is 17.8 Å². The SMILES string of the molecule is C=C(Cl)CNS(C)=O. The Balaban J connectivity index is 3.18. The van der Waals surface area contributed by atoms with Crippen molar-refractivity contribution in [1.82, 2.24) is 4.72 Å². The van der Waals surface area contributed by atoms with Gasteiger partial charge in [0.2, 0.25) is 0 Å². The van der Waals surface area contributed by atoms with E-state index in [1.807, 2.05) is 0 Å². The molecule has 0 radical (unpaired) electrons. The first-order valence-corrected chi connectivity index (χ1v) is 3.96. The van der Waals surface area contributed by atoms with Crippen LogP contribution in [0, 0.1) is 0 Å². The Bertz CT molecular complexity index is 101. The van der Waals surface area contributed by atoms with E-state index in [-0.39, 0.29) is 0 Å². The van der Waals surface area contributed by atoms with Gasteiger partial charge in [0.1, 0.15) is 0 Å². The van der Waals surface area contributed by atoms with Crippen molar-refractivity contribution in [3.8, 4) is 0 Å². The zero-order chi connectivity index (χ0) is 6.57. The number of hydrogen-bond acceptors (Lipinski definition) is 1. The number of halogens is 1. The molecule has 48 valence electrons. The van der Waals surface area contributed by atoms with E-state index in [2.05, 4.69) is 11.3 Å². The molecule has 0 aliphatic heterocycles. The summed E-state index contributed by atoms with van der Waals surface area (Å²) >= 11 is 5.33. The van der Waals surface area contributed by atoms with Gasteiger partial charge >= 0.3 is 0 Å². The first-order valence-electron chi connectivity index (χ1n) is 2.03. The molecule has 0 fully saturated rings. The summed E-state index contributed by atoms with van der Waals surface area (Å²) in [5, 5.41) is 0.472. The molecule has 0 rings (SSSR count). The first kappa shape index (κ1) is 8.14. The molecule has 4 heteroatoms. The monoisotopic (exact) mass is 153 g/mol. The minimum atomic E-state index is -0.981. The summed E-state index contributed by atoms with van der Waals surface area (Å²) in [6, 6.07) is 0. The summed E-state index contributed by atoms with van der Waals surface area (Å²) in [6.07, 6.45) is 1.54. The lowest BCUT2D eigenvalue weighted by atomic mass is 10.7. The Morgan fingerprint density at radius 2 is 2.50 bits per heavy atom. The van der Waals surface area contributed by atoms with Crippen LogP contribution in [0.2, 0.25) is 0 Å². The van der Waals surface area contributed by atoms with Gasteiger partial charge in [0.05, 0.1) is 11.0 Å². The topological polar surface area (TPSA) is 29.1 Å². The van der Waals surface area contributed by atoms with E-state index >= 15 is 0 Å². The molecule has 0 amide bonds. The zero-order valence-electron chi connectivity index (χ0n) is 4.61. The molecule has 1 atom stereocenters. The van der Waals surface area contributed by atoms with Crippen molar-refractivity contribution >= 4 is 22.6 Å². The molecule has 2 nitrogen and oxygen atoms in total. The molecule has 0 saturated heterocycles. The highest BCUT2D eigenvalue weighted by molar-refractivity contribution is 7.82. The third-order valence-electron chi connectivity index (χ3n) is 0.467. The molecule has 0 aromatic heterocycles. The fourth-order valence-corrected chi connectivity index (χ4v) is 0.703. The largest absolute Gasteiger partial charge is 0.243 e. The van der Waals surface area contributed by atoms with Gasteiger partial charge in [0.15, 0.2) is 0 Å². The Morgan fingerprint density at radius 3 is 2.62 bits per heavy atom. The number of nitrogens with one attached hydrogen (secondary N) is 1. The van der Waals surface area contributed by atoms with Crippen molar-refractivity contribution < 1.29 is 4.21 Å². The Hall–Kier alpha value is 0.140. The standard InChI is InChI=1S/C4H8ClNOS/c1-4(5)3-6-8(2)7/h6H,1,3H2,2H3. The van der Waals surface area contributed by atoms with Gasteiger partial charge in [0.25, 0.3) is 0 Å². The second-order valence-corrected chi connectivity index (χ2v) is 3.02. The summed E-state index contributed by atoms with van der Waals surface area (Å²) in [6.45, 7) is 3.80. The van der Waals surface area contributed by atoms with Crippen molar-refractivity contribution in [2.75, 3.05) is 12.8 Å². The van der Waals surface area contributed by atoms with Gasteiger partial charge in [-0.2, -0.15) is 0 Å². The molecule has 0 aromatic carbocycles. The van der Waals surface area contributed by atoms with Crippen LogP contribution in [0.4, 0.5) is 0 Å². The molecule has 0 aromatic rings. The highest BCUT2D eigenvalue weighted by atomic mass is 35.5. The number of rotatable bonds is 3. The lowest BCUT2D eigenvalue weighted by molar-refractivity contribution is 0.679. The third kappa shape index (κ3) is 6.14. The van der Waals surface area contributed by atoms with Gasteiger partial charge in [-0.3, -0.25) is 0 Å². The van der Waals surface area contributed by atoms with E-state index in [4.69, 9.17) is 11.6 Å². The maximum atomic E-state index is 10.2. The summed E-state index contributed by atoms with van der Waals surface area (Å²) in [7, 11) is -0.981. The molecule has 0 aliphatic carbocycles. The molecule has 0 spiro atoms. The van der Waals surface area contributed by atoms with E-state index in [9.17, 15) is 4.21 Å². The second kappa shape index (κ2) is 4.06. The second-order valence-electron chi connectivity index (χ2n) is 1.29. The van der Waals surface area contributed by atoms with Crippen LogP contribution in [0.25, 0.3) is 0 Å². The van der Waals surface area contributed by atoms with Crippen molar-refractivity contribution in [1.29, 1.82) is 0 Å². The first-order chi connectivity index (χ1) is 3.63. The lowest BCUT2D eigenvalue weighted by Crippen LogP contribution is -2.16. The van der Waals surface area contributed by atoms with E-state index in [1.165, 1.54) is 0 Å². The summed E-state index contributed by atoms with van der Waals surface area (Å²) < 4.78 is 12.8. The van der Waals surface area contributed by atoms with Crippen molar-refractivity contribution in [3.05, 3.63) is 11.6 Å². The van der Waals surface area contributed by atoms with Gasteiger partial charge in [-0.25, -0.2) is 8.93 Å². The smallest absolute Gasteiger partial charge is 0.0886 e. The Labute approximate surface area is 56.5 Å². The molecule has 0 bridgehead atoms. The molecular weight excluding hydrogens is 146 g/mol. The third-order valence-corrected chi connectivity index (χ3v) is 1.15. The summed E-state index contributed by atoms with van der Waals surface area (Å²) in [5.41, 5.74) is 0. The van der Waals surface area contributed by atoms with Crippen molar-refractivity contribution in [3.63, 3.8) is 0 Å². The van der Waals surface area contributed by atoms with Crippen LogP contribution in [-0.2, 0) is 11.0 Å². The van der Waals surface area contributed by atoms with Crippen molar-refractivity contribution in [2.24, 2.45) is 0 Å². The maximum absolute atomic E-state index is 10.2. The molecule has 0 aliphatic rings. The lowest BCUT2D eigenvalue weighted by Gasteiger charge is -1.94. The minimum absolute atomic E-state index is 0.407. The van der Waals surface area contributed by atoms with Gasteiger partial charge < -0.3 is 0 Å². The quantitative estimate of drug-likeness (QED) is 0.633. The Kier molecular flexibility index (Phi) is 4.13. The average Bonchev–Trinajstić information content (AvgIpc) is 1.61. The van der Waals surface area contributed by atoms with Crippen LogP contribution in [0.3, 0.4) is 0 Å². The highest BCUT2D eigenvalue weighted by Crippen LogP contribution is 1.91. The fourth-order valence-electron chi connectivity index (χ4n) is 0.180. The van der Waals surface area contributed by atoms with Crippen LogP contribution in [-0.4, -0.2) is 17.0 Å². The van der Waals surface area contributed by atoms with Gasteiger partial charge in [-0.1, -0.05) is 18.2 Å². The molecular formula is C4H8ClNOS. The van der Waals surface area contributed by atoms with E-state index in [0.717, 1.165) is 0 Å². The van der Waals surface area contributed by atoms with Gasteiger partial charge in [-0.15, -0.1) is 0 Å².